The molecular weight excluding hydrogens is 292 g/mol. The first-order valence-corrected chi connectivity index (χ1v) is 8.10. The summed E-state index contributed by atoms with van der Waals surface area (Å²) in [6.45, 7) is 6.02. The van der Waals surface area contributed by atoms with Crippen LogP contribution in [0.2, 0.25) is 0 Å². The number of hydrogen-bond acceptors (Lipinski definition) is 3. The Hall–Kier alpha value is -2.08. The average Bonchev–Trinajstić information content (AvgIpc) is 2.54. The molecule has 1 aromatic carbocycles. The summed E-state index contributed by atoms with van der Waals surface area (Å²) in [6.07, 6.45) is 2.26. The predicted molar refractivity (Wildman–Crippen MR) is 91.3 cm³/mol. The van der Waals surface area contributed by atoms with Crippen LogP contribution in [-0.4, -0.2) is 37.1 Å². The number of piperidine rings is 1. The Morgan fingerprint density at radius 2 is 2.00 bits per heavy atom. The summed E-state index contributed by atoms with van der Waals surface area (Å²) < 4.78 is 0. The molecule has 23 heavy (non-hydrogen) atoms. The molecule has 2 rings (SSSR count). The van der Waals surface area contributed by atoms with Crippen molar-refractivity contribution in [2.24, 2.45) is 5.92 Å². The van der Waals surface area contributed by atoms with Crippen LogP contribution in [0.1, 0.15) is 26.7 Å². The molecule has 4 N–H and O–H groups in total. The molecule has 1 fully saturated rings. The maximum atomic E-state index is 12.3. The molecule has 1 aromatic rings. The monoisotopic (exact) mass is 318 g/mol. The van der Waals surface area contributed by atoms with Crippen LogP contribution >= 0.6 is 0 Å². The van der Waals surface area contributed by atoms with Crippen LogP contribution in [0.4, 0.5) is 10.5 Å². The smallest absolute Gasteiger partial charge is 0.320 e. The fraction of sp³-hybridized carbons (Fsp3) is 0.529. The van der Waals surface area contributed by atoms with Gasteiger partial charge in [-0.05, 0) is 57.8 Å². The minimum atomic E-state index is -0.971. The van der Waals surface area contributed by atoms with Crippen molar-refractivity contribution in [2.75, 3.05) is 25.0 Å². The lowest BCUT2D eigenvalue weighted by atomic mass is 9.98. The lowest BCUT2D eigenvalue weighted by molar-refractivity contribution is -0.126. The third-order valence-electron chi connectivity index (χ3n) is 3.98. The van der Waals surface area contributed by atoms with Crippen LogP contribution < -0.4 is 21.3 Å². The van der Waals surface area contributed by atoms with Gasteiger partial charge in [-0.2, -0.15) is 0 Å². The van der Waals surface area contributed by atoms with E-state index in [1.165, 1.54) is 0 Å². The molecule has 126 valence electrons. The van der Waals surface area contributed by atoms with Gasteiger partial charge in [0.15, 0.2) is 0 Å². The van der Waals surface area contributed by atoms with Gasteiger partial charge in [-0.15, -0.1) is 0 Å². The Balaban J connectivity index is 1.79. The number of carbonyl (C=O) groups is 2. The second-order valence-corrected chi connectivity index (χ2v) is 6.49. The van der Waals surface area contributed by atoms with Crippen LogP contribution in [0.15, 0.2) is 30.3 Å². The van der Waals surface area contributed by atoms with Gasteiger partial charge in [0.25, 0.3) is 0 Å². The van der Waals surface area contributed by atoms with Crippen molar-refractivity contribution >= 4 is 17.6 Å². The summed E-state index contributed by atoms with van der Waals surface area (Å²) in [5.41, 5.74) is -0.282. The van der Waals surface area contributed by atoms with E-state index in [2.05, 4.69) is 21.3 Å². The zero-order chi connectivity index (χ0) is 16.7. The van der Waals surface area contributed by atoms with Gasteiger partial charge < -0.3 is 21.3 Å². The maximum Gasteiger partial charge on any atom is 0.320 e. The first-order valence-electron chi connectivity index (χ1n) is 8.10. The summed E-state index contributed by atoms with van der Waals surface area (Å²) in [5, 5.41) is 11.7. The topological polar surface area (TPSA) is 82.3 Å². The number of anilines is 1. The third-order valence-corrected chi connectivity index (χ3v) is 3.98. The molecule has 0 bridgehead atoms. The first kappa shape index (κ1) is 17.3. The molecule has 1 aliphatic rings. The highest BCUT2D eigenvalue weighted by atomic mass is 16.2. The Morgan fingerprint density at radius 1 is 1.26 bits per heavy atom. The summed E-state index contributed by atoms with van der Waals surface area (Å²) in [4.78, 5) is 24.3. The van der Waals surface area contributed by atoms with E-state index in [-0.39, 0.29) is 5.91 Å². The number of carbonyl (C=O) groups excluding carboxylic acids is 2. The minimum Gasteiger partial charge on any atom is -0.354 e. The van der Waals surface area contributed by atoms with E-state index in [1.54, 1.807) is 26.0 Å². The van der Waals surface area contributed by atoms with E-state index in [1.807, 2.05) is 18.2 Å². The van der Waals surface area contributed by atoms with Gasteiger partial charge in [-0.3, -0.25) is 4.79 Å². The third kappa shape index (κ3) is 5.56. The van der Waals surface area contributed by atoms with Crippen LogP contribution in [-0.2, 0) is 4.79 Å². The van der Waals surface area contributed by atoms with Gasteiger partial charge in [0.2, 0.25) is 5.91 Å². The van der Waals surface area contributed by atoms with Crippen molar-refractivity contribution in [3.63, 3.8) is 0 Å². The Kier molecular flexibility index (Phi) is 5.98. The molecule has 1 aliphatic heterocycles. The fourth-order valence-electron chi connectivity index (χ4n) is 2.58. The van der Waals surface area contributed by atoms with Gasteiger partial charge in [-0.25, -0.2) is 4.79 Å². The van der Waals surface area contributed by atoms with Gasteiger partial charge in [0, 0.05) is 12.2 Å². The molecule has 1 atom stereocenters. The van der Waals surface area contributed by atoms with Crippen molar-refractivity contribution in [1.29, 1.82) is 0 Å². The summed E-state index contributed by atoms with van der Waals surface area (Å²) >= 11 is 0. The molecule has 1 saturated heterocycles. The van der Waals surface area contributed by atoms with E-state index in [4.69, 9.17) is 0 Å². The average molecular weight is 318 g/mol. The summed E-state index contributed by atoms with van der Waals surface area (Å²) in [5.74, 6) is 0.285. The maximum absolute atomic E-state index is 12.3. The molecular formula is C17H26N4O2. The highest BCUT2D eigenvalue weighted by Gasteiger charge is 2.30. The molecule has 1 heterocycles. The zero-order valence-electron chi connectivity index (χ0n) is 13.8. The summed E-state index contributed by atoms with van der Waals surface area (Å²) in [6, 6.07) is 8.75. The van der Waals surface area contributed by atoms with E-state index in [0.717, 1.165) is 25.9 Å². The minimum absolute atomic E-state index is 0.175. The standard InChI is InChI=1S/C17H26N4O2/c1-17(2,15(22)19-12-13-7-6-10-18-11-13)21-16(23)20-14-8-4-3-5-9-14/h3-5,8-9,13,18H,6-7,10-12H2,1-2H3,(H,19,22)(H2,20,21,23). The summed E-state index contributed by atoms with van der Waals surface area (Å²) in [7, 11) is 0. The van der Waals surface area contributed by atoms with Crippen LogP contribution in [0.3, 0.4) is 0 Å². The largest absolute Gasteiger partial charge is 0.354 e. The Bertz CT molecular complexity index is 525. The number of nitrogens with one attached hydrogen (secondary N) is 4. The Morgan fingerprint density at radius 3 is 2.65 bits per heavy atom. The van der Waals surface area contributed by atoms with E-state index >= 15 is 0 Å². The highest BCUT2D eigenvalue weighted by molar-refractivity contribution is 5.95. The molecule has 0 aromatic heterocycles. The van der Waals surface area contributed by atoms with E-state index in [0.29, 0.717) is 18.2 Å². The number of urea groups is 1. The molecule has 0 spiro atoms. The SMILES string of the molecule is CC(C)(NC(=O)Nc1ccccc1)C(=O)NCC1CCCNC1. The van der Waals surface area contributed by atoms with Crippen molar-refractivity contribution in [3.8, 4) is 0 Å². The second-order valence-electron chi connectivity index (χ2n) is 6.49. The number of amides is 3. The van der Waals surface area contributed by atoms with E-state index in [9.17, 15) is 9.59 Å². The molecule has 0 radical (unpaired) electrons. The van der Waals surface area contributed by atoms with Crippen LogP contribution in [0.5, 0.6) is 0 Å². The van der Waals surface area contributed by atoms with Crippen molar-refractivity contribution in [1.82, 2.24) is 16.0 Å². The zero-order valence-corrected chi connectivity index (χ0v) is 13.8. The van der Waals surface area contributed by atoms with Gasteiger partial charge in [0.05, 0.1) is 0 Å². The molecule has 3 amide bonds. The van der Waals surface area contributed by atoms with Crippen molar-refractivity contribution in [3.05, 3.63) is 30.3 Å². The van der Waals surface area contributed by atoms with Gasteiger partial charge >= 0.3 is 6.03 Å². The quantitative estimate of drug-likeness (QED) is 0.667. The Labute approximate surface area is 137 Å². The number of hydrogen-bond donors (Lipinski definition) is 4. The molecule has 1 unspecified atom stereocenters. The number of rotatable bonds is 5. The highest BCUT2D eigenvalue weighted by Crippen LogP contribution is 2.10. The normalized spacial score (nSPS) is 18.1. The second kappa shape index (κ2) is 7.97. The van der Waals surface area contributed by atoms with E-state index < -0.39 is 11.6 Å². The number of para-hydroxylation sites is 1. The molecule has 6 nitrogen and oxygen atoms in total. The fourth-order valence-corrected chi connectivity index (χ4v) is 2.58. The van der Waals surface area contributed by atoms with Gasteiger partial charge in [0.1, 0.15) is 5.54 Å². The van der Waals surface area contributed by atoms with Crippen molar-refractivity contribution < 1.29 is 9.59 Å². The lowest BCUT2D eigenvalue weighted by Gasteiger charge is -2.28. The number of benzene rings is 1. The molecule has 0 aliphatic carbocycles. The van der Waals surface area contributed by atoms with Gasteiger partial charge in [-0.1, -0.05) is 18.2 Å². The molecule has 6 heteroatoms. The predicted octanol–water partition coefficient (Wildman–Crippen LogP) is 1.70. The van der Waals surface area contributed by atoms with Crippen molar-refractivity contribution in [2.45, 2.75) is 32.2 Å². The molecule has 0 saturated carbocycles. The first-order chi connectivity index (χ1) is 11.0. The van der Waals surface area contributed by atoms with Crippen LogP contribution in [0, 0.1) is 5.92 Å². The van der Waals surface area contributed by atoms with Crippen LogP contribution in [0.25, 0.3) is 0 Å². The lowest BCUT2D eigenvalue weighted by Crippen LogP contribution is -2.56.